The summed E-state index contributed by atoms with van der Waals surface area (Å²) in [5, 5.41) is 3.12. The summed E-state index contributed by atoms with van der Waals surface area (Å²) in [5.41, 5.74) is 1.03. The van der Waals surface area contributed by atoms with E-state index in [1.54, 1.807) is 6.92 Å². The molecule has 0 spiro atoms. The highest BCUT2D eigenvalue weighted by Crippen LogP contribution is 2.01. The molecule has 1 unspecified atom stereocenters. The molecule has 0 heterocycles. The maximum absolute atomic E-state index is 11.4. The molecule has 0 aliphatic carbocycles. The molecule has 4 nitrogen and oxygen atoms in total. The Morgan fingerprint density at radius 3 is 2.61 bits per heavy atom. The van der Waals surface area contributed by atoms with Crippen molar-refractivity contribution >= 4 is 11.8 Å². The van der Waals surface area contributed by atoms with Gasteiger partial charge in [0.25, 0.3) is 0 Å². The van der Waals surface area contributed by atoms with Crippen LogP contribution < -0.4 is 5.32 Å². The zero-order chi connectivity index (χ0) is 14.0. The molecular weight excluding hydrogens is 230 g/mol. The van der Waals surface area contributed by atoms with E-state index in [9.17, 15) is 9.59 Å². The number of esters is 1. The van der Waals surface area contributed by atoms with Gasteiger partial charge in [0.1, 0.15) is 18.3 Å². The summed E-state index contributed by atoms with van der Waals surface area (Å²) >= 11 is 0. The Kier molecular flexibility index (Phi) is 9.19. The lowest BCUT2D eigenvalue weighted by molar-refractivity contribution is -0.150. The van der Waals surface area contributed by atoms with Gasteiger partial charge in [-0.25, -0.2) is 0 Å². The maximum atomic E-state index is 11.4. The molecular formula is C14H25NO3. The Bertz CT molecular complexity index is 287. The number of ether oxygens (including phenoxy) is 1. The van der Waals surface area contributed by atoms with Gasteiger partial charge < -0.3 is 10.1 Å². The highest BCUT2D eigenvalue weighted by atomic mass is 16.5. The average molecular weight is 255 g/mol. The third-order valence-electron chi connectivity index (χ3n) is 2.34. The number of rotatable bonds is 10. The van der Waals surface area contributed by atoms with Crippen LogP contribution in [0.5, 0.6) is 0 Å². The summed E-state index contributed by atoms with van der Waals surface area (Å²) in [7, 11) is 0. The number of Topliss-reactive ketones (excluding diaryl/α,β-unsaturated/α-hetero) is 1. The Morgan fingerprint density at radius 1 is 1.39 bits per heavy atom. The van der Waals surface area contributed by atoms with Crippen molar-refractivity contribution in [1.82, 2.24) is 5.32 Å². The van der Waals surface area contributed by atoms with E-state index in [2.05, 4.69) is 11.9 Å². The molecule has 0 radical (unpaired) electrons. The number of unbranched alkanes of at least 4 members (excludes halogenated alkanes) is 1. The molecule has 0 aliphatic rings. The molecule has 0 aromatic rings. The topological polar surface area (TPSA) is 55.4 Å². The Labute approximate surface area is 110 Å². The van der Waals surface area contributed by atoms with Crippen LogP contribution in [0.15, 0.2) is 12.2 Å². The summed E-state index contributed by atoms with van der Waals surface area (Å²) in [6, 6.07) is 0. The standard InChI is InChI=1S/C14H25NO3/c1-5-6-7-13(16)8-14(17)18-12(4)10-15-9-11(2)3/h12,15H,2,5-10H2,1,3-4H3. The summed E-state index contributed by atoms with van der Waals surface area (Å²) in [6.45, 7) is 10.8. The van der Waals surface area contributed by atoms with Crippen LogP contribution in [0.25, 0.3) is 0 Å². The van der Waals surface area contributed by atoms with E-state index in [0.29, 0.717) is 19.5 Å². The first kappa shape index (κ1) is 16.8. The van der Waals surface area contributed by atoms with Crippen LogP contribution in [0.2, 0.25) is 0 Å². The zero-order valence-corrected chi connectivity index (χ0v) is 11.8. The number of carbonyl (C=O) groups is 2. The second-order valence-electron chi connectivity index (χ2n) is 4.71. The lowest BCUT2D eigenvalue weighted by atomic mass is 10.1. The smallest absolute Gasteiger partial charge is 0.313 e. The van der Waals surface area contributed by atoms with Crippen LogP contribution in [0.4, 0.5) is 0 Å². The fourth-order valence-corrected chi connectivity index (χ4v) is 1.42. The van der Waals surface area contributed by atoms with Gasteiger partial charge >= 0.3 is 5.97 Å². The second kappa shape index (κ2) is 9.83. The maximum Gasteiger partial charge on any atom is 0.313 e. The lowest BCUT2D eigenvalue weighted by Gasteiger charge is -2.13. The molecule has 0 amide bonds. The molecule has 0 fully saturated rings. The van der Waals surface area contributed by atoms with Gasteiger partial charge in [-0.05, 0) is 20.3 Å². The van der Waals surface area contributed by atoms with Gasteiger partial charge in [0, 0.05) is 19.5 Å². The van der Waals surface area contributed by atoms with E-state index in [4.69, 9.17) is 4.74 Å². The largest absolute Gasteiger partial charge is 0.461 e. The van der Waals surface area contributed by atoms with E-state index in [1.807, 2.05) is 13.8 Å². The molecule has 4 heteroatoms. The Balaban J connectivity index is 3.72. The van der Waals surface area contributed by atoms with Gasteiger partial charge in [0.2, 0.25) is 0 Å². The third kappa shape index (κ3) is 10.0. The molecule has 104 valence electrons. The second-order valence-corrected chi connectivity index (χ2v) is 4.71. The van der Waals surface area contributed by atoms with Crippen molar-refractivity contribution in [3.8, 4) is 0 Å². The van der Waals surface area contributed by atoms with E-state index in [1.165, 1.54) is 0 Å². The van der Waals surface area contributed by atoms with E-state index in [-0.39, 0.29) is 18.3 Å². The van der Waals surface area contributed by atoms with Gasteiger partial charge in [-0.3, -0.25) is 9.59 Å². The molecule has 0 aromatic carbocycles. The SMILES string of the molecule is C=C(C)CNCC(C)OC(=O)CC(=O)CCCC. The molecule has 0 saturated heterocycles. The minimum Gasteiger partial charge on any atom is -0.461 e. The predicted molar refractivity (Wildman–Crippen MR) is 72.4 cm³/mol. The van der Waals surface area contributed by atoms with Gasteiger partial charge in [0.15, 0.2) is 0 Å². The first-order chi connectivity index (χ1) is 8.45. The van der Waals surface area contributed by atoms with Crippen LogP contribution >= 0.6 is 0 Å². The van der Waals surface area contributed by atoms with E-state index >= 15 is 0 Å². The monoisotopic (exact) mass is 255 g/mol. The van der Waals surface area contributed by atoms with Crippen LogP contribution in [0, 0.1) is 0 Å². The molecule has 0 aromatic heterocycles. The van der Waals surface area contributed by atoms with E-state index in [0.717, 1.165) is 18.4 Å². The molecule has 0 saturated carbocycles. The van der Waals surface area contributed by atoms with Gasteiger partial charge in [-0.1, -0.05) is 25.5 Å². The minimum atomic E-state index is -0.430. The molecule has 1 N–H and O–H groups in total. The summed E-state index contributed by atoms with van der Waals surface area (Å²) in [6.07, 6.45) is 1.93. The van der Waals surface area contributed by atoms with Crippen LogP contribution in [-0.4, -0.2) is 30.9 Å². The summed E-state index contributed by atoms with van der Waals surface area (Å²) < 4.78 is 5.13. The fourth-order valence-electron chi connectivity index (χ4n) is 1.42. The number of hydrogen-bond acceptors (Lipinski definition) is 4. The van der Waals surface area contributed by atoms with E-state index < -0.39 is 5.97 Å². The molecule has 18 heavy (non-hydrogen) atoms. The van der Waals surface area contributed by atoms with Crippen molar-refractivity contribution in [1.29, 1.82) is 0 Å². The Hall–Kier alpha value is -1.16. The minimum absolute atomic E-state index is 0.0380. The van der Waals surface area contributed by atoms with Crippen LogP contribution in [0.3, 0.4) is 0 Å². The lowest BCUT2D eigenvalue weighted by Crippen LogP contribution is -2.30. The molecule has 1 atom stereocenters. The molecule has 0 bridgehead atoms. The third-order valence-corrected chi connectivity index (χ3v) is 2.34. The fraction of sp³-hybridized carbons (Fsp3) is 0.714. The van der Waals surface area contributed by atoms with Crippen molar-refractivity contribution in [2.75, 3.05) is 13.1 Å². The van der Waals surface area contributed by atoms with Gasteiger partial charge in [0.05, 0.1) is 0 Å². The van der Waals surface area contributed by atoms with Crippen molar-refractivity contribution < 1.29 is 14.3 Å². The normalized spacial score (nSPS) is 11.9. The average Bonchev–Trinajstić information content (AvgIpc) is 2.25. The molecule has 0 aliphatic heterocycles. The molecule has 0 rings (SSSR count). The Morgan fingerprint density at radius 2 is 2.06 bits per heavy atom. The number of hydrogen-bond donors (Lipinski definition) is 1. The number of carbonyl (C=O) groups excluding carboxylic acids is 2. The zero-order valence-electron chi connectivity index (χ0n) is 11.8. The van der Waals surface area contributed by atoms with Crippen LogP contribution in [-0.2, 0) is 14.3 Å². The first-order valence-electron chi connectivity index (χ1n) is 6.52. The summed E-state index contributed by atoms with van der Waals surface area (Å²) in [5.74, 6) is -0.468. The first-order valence-corrected chi connectivity index (χ1v) is 6.52. The van der Waals surface area contributed by atoms with Crippen molar-refractivity contribution in [2.45, 2.75) is 52.6 Å². The van der Waals surface area contributed by atoms with Gasteiger partial charge in [-0.15, -0.1) is 0 Å². The predicted octanol–water partition coefficient (Wildman–Crippen LogP) is 2.23. The highest BCUT2D eigenvalue weighted by molar-refractivity contribution is 5.95. The van der Waals surface area contributed by atoms with Crippen molar-refractivity contribution in [2.24, 2.45) is 0 Å². The number of nitrogens with one attached hydrogen (secondary N) is 1. The van der Waals surface area contributed by atoms with Crippen LogP contribution in [0.1, 0.15) is 46.5 Å². The quantitative estimate of drug-likeness (QED) is 0.369. The van der Waals surface area contributed by atoms with Gasteiger partial charge in [-0.2, -0.15) is 0 Å². The number of ketones is 1. The van der Waals surface area contributed by atoms with Crippen molar-refractivity contribution in [3.63, 3.8) is 0 Å². The summed E-state index contributed by atoms with van der Waals surface area (Å²) in [4.78, 5) is 22.8. The van der Waals surface area contributed by atoms with Crippen molar-refractivity contribution in [3.05, 3.63) is 12.2 Å². The highest BCUT2D eigenvalue weighted by Gasteiger charge is 2.13.